The van der Waals surface area contributed by atoms with Crippen molar-refractivity contribution in [3.63, 3.8) is 0 Å². The van der Waals surface area contributed by atoms with Crippen LogP contribution in [0.1, 0.15) is 51.9 Å². The predicted octanol–water partition coefficient (Wildman–Crippen LogP) is 3.13. The smallest absolute Gasteiger partial charge is 0.228 e. The molecule has 0 spiro atoms. The molecular weight excluding hydrogens is 198 g/mol. The zero-order valence-electron chi connectivity index (χ0n) is 10.3. The second kappa shape index (κ2) is 5.51. The van der Waals surface area contributed by atoms with E-state index < -0.39 is 0 Å². The molecule has 2 nitrogen and oxygen atoms in total. The van der Waals surface area contributed by atoms with Crippen molar-refractivity contribution < 1.29 is 4.79 Å². The Bertz CT molecular complexity index is 272. The summed E-state index contributed by atoms with van der Waals surface area (Å²) in [7, 11) is 0. The molecule has 1 saturated heterocycles. The summed E-state index contributed by atoms with van der Waals surface area (Å²) in [5.41, 5.74) is 0. The molecule has 90 valence electrons. The molecule has 1 fully saturated rings. The van der Waals surface area contributed by atoms with Crippen molar-refractivity contribution in [3.05, 3.63) is 12.2 Å². The molecule has 0 aromatic carbocycles. The van der Waals surface area contributed by atoms with E-state index in [1.807, 2.05) is 0 Å². The van der Waals surface area contributed by atoms with Gasteiger partial charge in [0, 0.05) is 12.6 Å². The Hall–Kier alpha value is -0.790. The quantitative estimate of drug-likeness (QED) is 0.406. The van der Waals surface area contributed by atoms with Gasteiger partial charge >= 0.3 is 0 Å². The van der Waals surface area contributed by atoms with Crippen molar-refractivity contribution in [3.8, 4) is 0 Å². The van der Waals surface area contributed by atoms with Gasteiger partial charge in [0.05, 0.1) is 5.92 Å². The molecule has 1 amide bonds. The second-order valence-electron chi connectivity index (χ2n) is 5.04. The molecule has 2 atom stereocenters. The van der Waals surface area contributed by atoms with Crippen LogP contribution in [0.5, 0.6) is 0 Å². The first-order valence-electron chi connectivity index (χ1n) is 6.80. The van der Waals surface area contributed by atoms with Gasteiger partial charge in [-0.15, -0.1) is 0 Å². The fraction of sp³-hybridized carbons (Fsp3) is 0.786. The van der Waals surface area contributed by atoms with Crippen LogP contribution in [0, 0.1) is 5.92 Å². The summed E-state index contributed by atoms with van der Waals surface area (Å²) >= 11 is 0. The number of nitrogens with zero attached hydrogens (tertiary/aromatic N) is 1. The standard InChI is InChI=1S/C14H23NO/c1-2-3-8-11-15-13-10-7-5-4-6-9-12(13)14(15)16/h4-5,12-13H,2-3,6-11H2,1H3/b5-4-. The number of amides is 1. The van der Waals surface area contributed by atoms with Gasteiger partial charge in [0.25, 0.3) is 0 Å². The minimum absolute atomic E-state index is 0.353. The van der Waals surface area contributed by atoms with Crippen LogP contribution in [0.15, 0.2) is 12.2 Å². The van der Waals surface area contributed by atoms with Crippen molar-refractivity contribution in [1.82, 2.24) is 4.90 Å². The van der Waals surface area contributed by atoms with E-state index in [-0.39, 0.29) is 0 Å². The fourth-order valence-corrected chi connectivity index (χ4v) is 2.94. The van der Waals surface area contributed by atoms with Gasteiger partial charge in [-0.1, -0.05) is 31.9 Å². The highest BCUT2D eigenvalue weighted by molar-refractivity contribution is 5.86. The highest BCUT2D eigenvalue weighted by atomic mass is 16.2. The number of likely N-dealkylation sites (tertiary alicyclic amines) is 1. The van der Waals surface area contributed by atoms with Gasteiger partial charge in [0.2, 0.25) is 5.91 Å². The van der Waals surface area contributed by atoms with Gasteiger partial charge in [-0.3, -0.25) is 4.79 Å². The fourth-order valence-electron chi connectivity index (χ4n) is 2.94. The number of unbranched alkanes of at least 4 members (excludes halogenated alkanes) is 2. The number of hydrogen-bond donors (Lipinski definition) is 0. The van der Waals surface area contributed by atoms with E-state index >= 15 is 0 Å². The third-order valence-electron chi connectivity index (χ3n) is 3.91. The molecule has 2 rings (SSSR count). The maximum atomic E-state index is 12.0. The molecular formula is C14H23NO. The first-order chi connectivity index (χ1) is 7.84. The van der Waals surface area contributed by atoms with Crippen LogP contribution >= 0.6 is 0 Å². The zero-order chi connectivity index (χ0) is 11.4. The van der Waals surface area contributed by atoms with Crippen LogP contribution in [-0.4, -0.2) is 23.4 Å². The number of allylic oxidation sites excluding steroid dienone is 2. The molecule has 1 aliphatic carbocycles. The third kappa shape index (κ3) is 2.31. The molecule has 0 aromatic heterocycles. The number of carbonyl (C=O) groups excluding carboxylic acids is 1. The molecule has 0 saturated carbocycles. The average Bonchev–Trinajstić information content (AvgIpc) is 2.26. The Labute approximate surface area is 98.7 Å². The zero-order valence-corrected chi connectivity index (χ0v) is 10.3. The van der Waals surface area contributed by atoms with E-state index in [2.05, 4.69) is 24.0 Å². The summed E-state index contributed by atoms with van der Waals surface area (Å²) in [4.78, 5) is 14.1. The normalized spacial score (nSPS) is 31.3. The van der Waals surface area contributed by atoms with Crippen molar-refractivity contribution in [2.45, 2.75) is 57.9 Å². The first kappa shape index (κ1) is 11.7. The molecule has 2 aliphatic rings. The number of fused-ring (bicyclic) bond motifs is 1. The Morgan fingerprint density at radius 3 is 2.75 bits per heavy atom. The summed E-state index contributed by atoms with van der Waals surface area (Å²) in [5, 5.41) is 0. The van der Waals surface area contributed by atoms with Crippen molar-refractivity contribution in [2.75, 3.05) is 6.54 Å². The monoisotopic (exact) mass is 221 g/mol. The average molecular weight is 221 g/mol. The topological polar surface area (TPSA) is 20.3 Å². The molecule has 16 heavy (non-hydrogen) atoms. The summed E-state index contributed by atoms with van der Waals surface area (Å²) in [5.74, 6) is 0.781. The lowest BCUT2D eigenvalue weighted by atomic mass is 9.79. The molecule has 2 unspecified atom stereocenters. The predicted molar refractivity (Wildman–Crippen MR) is 66.1 cm³/mol. The van der Waals surface area contributed by atoms with E-state index in [1.165, 1.54) is 25.7 Å². The van der Waals surface area contributed by atoms with Crippen molar-refractivity contribution >= 4 is 5.91 Å². The van der Waals surface area contributed by atoms with Crippen molar-refractivity contribution in [2.24, 2.45) is 5.92 Å². The Morgan fingerprint density at radius 2 is 2.00 bits per heavy atom. The minimum atomic E-state index is 0.353. The molecule has 0 aromatic rings. The molecule has 1 aliphatic heterocycles. The number of rotatable bonds is 4. The molecule has 1 heterocycles. The van der Waals surface area contributed by atoms with Gasteiger partial charge in [-0.25, -0.2) is 0 Å². The lowest BCUT2D eigenvalue weighted by Gasteiger charge is -2.48. The van der Waals surface area contributed by atoms with Gasteiger partial charge in [-0.05, 0) is 32.1 Å². The van der Waals surface area contributed by atoms with Gasteiger partial charge in [0.15, 0.2) is 0 Å². The largest absolute Gasteiger partial charge is 0.339 e. The van der Waals surface area contributed by atoms with Gasteiger partial charge in [0.1, 0.15) is 0 Å². The highest BCUT2D eigenvalue weighted by Gasteiger charge is 2.45. The van der Waals surface area contributed by atoms with Gasteiger partial charge < -0.3 is 4.90 Å². The minimum Gasteiger partial charge on any atom is -0.339 e. The Kier molecular flexibility index (Phi) is 4.03. The molecule has 2 heteroatoms. The summed E-state index contributed by atoms with van der Waals surface area (Å²) < 4.78 is 0. The summed E-state index contributed by atoms with van der Waals surface area (Å²) in [6, 6.07) is 0.564. The van der Waals surface area contributed by atoms with Crippen molar-refractivity contribution in [1.29, 1.82) is 0 Å². The maximum Gasteiger partial charge on any atom is 0.228 e. The van der Waals surface area contributed by atoms with E-state index in [0.717, 1.165) is 25.8 Å². The maximum absolute atomic E-state index is 12.0. The van der Waals surface area contributed by atoms with E-state index in [4.69, 9.17) is 0 Å². The Balaban J connectivity index is 1.86. The summed E-state index contributed by atoms with van der Waals surface area (Å²) in [6.45, 7) is 3.21. The SMILES string of the molecule is CCCCCN1C(=O)C2CC/C=C\CCC21. The lowest BCUT2D eigenvalue weighted by molar-refractivity contribution is -0.157. The van der Waals surface area contributed by atoms with Crippen LogP contribution in [0.4, 0.5) is 0 Å². The number of β-lactam (4-membered cyclic amide) rings is 1. The van der Waals surface area contributed by atoms with E-state index in [0.29, 0.717) is 17.9 Å². The molecule has 0 bridgehead atoms. The van der Waals surface area contributed by atoms with Gasteiger partial charge in [-0.2, -0.15) is 0 Å². The molecule has 0 radical (unpaired) electrons. The number of carbonyl (C=O) groups is 1. The summed E-state index contributed by atoms with van der Waals surface area (Å²) in [6.07, 6.45) is 12.7. The molecule has 0 N–H and O–H groups in total. The van der Waals surface area contributed by atoms with Crippen LogP contribution in [0.3, 0.4) is 0 Å². The third-order valence-corrected chi connectivity index (χ3v) is 3.91. The van der Waals surface area contributed by atoms with Crippen LogP contribution in [0.2, 0.25) is 0 Å². The van der Waals surface area contributed by atoms with Crippen LogP contribution in [-0.2, 0) is 4.79 Å². The van der Waals surface area contributed by atoms with Crippen LogP contribution < -0.4 is 0 Å². The van der Waals surface area contributed by atoms with E-state index in [9.17, 15) is 4.79 Å². The first-order valence-corrected chi connectivity index (χ1v) is 6.80. The number of hydrogen-bond acceptors (Lipinski definition) is 1. The highest BCUT2D eigenvalue weighted by Crippen LogP contribution is 2.35. The Morgan fingerprint density at radius 1 is 1.25 bits per heavy atom. The van der Waals surface area contributed by atoms with Crippen LogP contribution in [0.25, 0.3) is 0 Å². The second-order valence-corrected chi connectivity index (χ2v) is 5.04. The van der Waals surface area contributed by atoms with E-state index in [1.54, 1.807) is 0 Å². The lowest BCUT2D eigenvalue weighted by Crippen LogP contribution is -2.61.